The molecule has 0 aliphatic carbocycles. The molecule has 3 aromatic carbocycles. The van der Waals surface area contributed by atoms with Crippen LogP contribution in [0.3, 0.4) is 0 Å². The molecule has 2 N–H and O–H groups in total. The molecule has 0 atom stereocenters. The van der Waals surface area contributed by atoms with E-state index in [1.54, 1.807) is 60.7 Å². The van der Waals surface area contributed by atoms with Crippen molar-refractivity contribution in [3.8, 4) is 5.75 Å². The van der Waals surface area contributed by atoms with Crippen molar-refractivity contribution < 1.29 is 22.3 Å². The molecule has 162 valence electrons. The van der Waals surface area contributed by atoms with Crippen LogP contribution in [0.4, 0.5) is 15.8 Å². The number of carbonyl (C=O) groups excluding carboxylic acids is 1. The topological polar surface area (TPSA) is 84.5 Å². The van der Waals surface area contributed by atoms with Gasteiger partial charge in [-0.3, -0.25) is 9.52 Å². The van der Waals surface area contributed by atoms with E-state index in [0.717, 1.165) is 5.56 Å². The first-order valence-electron chi connectivity index (χ1n) is 9.70. The van der Waals surface area contributed by atoms with Crippen molar-refractivity contribution in [2.75, 3.05) is 16.6 Å². The highest BCUT2D eigenvalue weighted by Gasteiger charge is 2.14. The van der Waals surface area contributed by atoms with Gasteiger partial charge in [0.25, 0.3) is 10.0 Å². The molecule has 0 saturated carbocycles. The number of hydrogen-bond acceptors (Lipinski definition) is 4. The zero-order chi connectivity index (χ0) is 22.3. The maximum absolute atomic E-state index is 13.5. The molecular formula is C23H23FN2O4S. The number of nitrogens with one attached hydrogen (secondary N) is 2. The van der Waals surface area contributed by atoms with Crippen molar-refractivity contribution in [1.29, 1.82) is 0 Å². The van der Waals surface area contributed by atoms with Gasteiger partial charge in [-0.1, -0.05) is 29.8 Å². The first-order chi connectivity index (χ1) is 14.8. The van der Waals surface area contributed by atoms with Gasteiger partial charge in [-0.25, -0.2) is 12.8 Å². The maximum Gasteiger partial charge on any atom is 0.261 e. The fraction of sp³-hybridized carbons (Fsp3) is 0.174. The Hall–Kier alpha value is -3.39. The molecule has 0 fully saturated rings. The third-order valence-electron chi connectivity index (χ3n) is 4.39. The molecule has 1 amide bonds. The number of sulfonamides is 1. The molecule has 0 spiro atoms. The smallest absolute Gasteiger partial charge is 0.261 e. The lowest BCUT2D eigenvalue weighted by Gasteiger charge is -2.10. The number of amides is 1. The van der Waals surface area contributed by atoms with Crippen LogP contribution >= 0.6 is 0 Å². The SMILES string of the molecule is Cc1ccc(S(=O)(=O)Nc2ccc(NC(=O)CCCOc3ccccc3F)cc2)cc1. The summed E-state index contributed by atoms with van der Waals surface area (Å²) in [5, 5.41) is 2.73. The highest BCUT2D eigenvalue weighted by atomic mass is 32.2. The minimum Gasteiger partial charge on any atom is -0.491 e. The fourth-order valence-electron chi connectivity index (χ4n) is 2.75. The summed E-state index contributed by atoms with van der Waals surface area (Å²) in [6, 6.07) is 19.0. The van der Waals surface area contributed by atoms with Gasteiger partial charge in [-0.2, -0.15) is 0 Å². The van der Waals surface area contributed by atoms with E-state index in [1.807, 2.05) is 6.92 Å². The van der Waals surface area contributed by atoms with Gasteiger partial charge >= 0.3 is 0 Å². The molecule has 3 aromatic rings. The third kappa shape index (κ3) is 6.55. The number of para-hydroxylation sites is 1. The summed E-state index contributed by atoms with van der Waals surface area (Å²) < 4.78 is 46.2. The zero-order valence-electron chi connectivity index (χ0n) is 17.0. The number of aryl methyl sites for hydroxylation is 1. The van der Waals surface area contributed by atoms with Gasteiger partial charge in [-0.05, 0) is 61.9 Å². The Morgan fingerprint density at radius 3 is 2.26 bits per heavy atom. The number of rotatable bonds is 9. The second kappa shape index (κ2) is 10.1. The van der Waals surface area contributed by atoms with E-state index < -0.39 is 15.8 Å². The van der Waals surface area contributed by atoms with E-state index in [1.165, 1.54) is 12.1 Å². The van der Waals surface area contributed by atoms with E-state index in [4.69, 9.17) is 4.74 Å². The zero-order valence-corrected chi connectivity index (χ0v) is 17.8. The maximum atomic E-state index is 13.5. The predicted octanol–water partition coefficient (Wildman–Crippen LogP) is 4.73. The molecule has 0 radical (unpaired) electrons. The summed E-state index contributed by atoms with van der Waals surface area (Å²) in [6.45, 7) is 2.10. The summed E-state index contributed by atoms with van der Waals surface area (Å²) in [5.74, 6) is -0.498. The van der Waals surface area contributed by atoms with Crippen LogP contribution in [0, 0.1) is 12.7 Å². The van der Waals surface area contributed by atoms with Gasteiger partial charge in [0.2, 0.25) is 5.91 Å². The summed E-state index contributed by atoms with van der Waals surface area (Å²) in [6.07, 6.45) is 0.630. The third-order valence-corrected chi connectivity index (χ3v) is 5.79. The molecule has 6 nitrogen and oxygen atoms in total. The molecule has 0 aliphatic heterocycles. The van der Waals surface area contributed by atoms with E-state index in [2.05, 4.69) is 10.0 Å². The highest BCUT2D eigenvalue weighted by Crippen LogP contribution is 2.19. The number of benzene rings is 3. The van der Waals surface area contributed by atoms with Crippen LogP contribution in [0.15, 0.2) is 77.7 Å². The van der Waals surface area contributed by atoms with Crippen LogP contribution in [0.2, 0.25) is 0 Å². The van der Waals surface area contributed by atoms with Crippen molar-refractivity contribution in [2.24, 2.45) is 0 Å². The monoisotopic (exact) mass is 442 g/mol. The van der Waals surface area contributed by atoms with E-state index in [9.17, 15) is 17.6 Å². The lowest BCUT2D eigenvalue weighted by molar-refractivity contribution is -0.116. The summed E-state index contributed by atoms with van der Waals surface area (Å²) >= 11 is 0. The van der Waals surface area contributed by atoms with Gasteiger partial charge in [-0.15, -0.1) is 0 Å². The number of anilines is 2. The molecule has 0 heterocycles. The molecule has 0 aromatic heterocycles. The molecule has 3 rings (SSSR count). The van der Waals surface area contributed by atoms with Crippen LogP contribution in [-0.2, 0) is 14.8 Å². The minimum absolute atomic E-state index is 0.159. The van der Waals surface area contributed by atoms with E-state index in [0.29, 0.717) is 17.8 Å². The van der Waals surface area contributed by atoms with Crippen molar-refractivity contribution in [3.63, 3.8) is 0 Å². The first kappa shape index (κ1) is 22.3. The van der Waals surface area contributed by atoms with Gasteiger partial charge in [0.05, 0.1) is 11.5 Å². The molecule has 0 bridgehead atoms. The molecular weight excluding hydrogens is 419 g/mol. The number of halogens is 1. The fourth-order valence-corrected chi connectivity index (χ4v) is 3.81. The molecule has 0 saturated heterocycles. The Labute approximate surface area is 181 Å². The highest BCUT2D eigenvalue weighted by molar-refractivity contribution is 7.92. The van der Waals surface area contributed by atoms with Crippen LogP contribution in [0.25, 0.3) is 0 Å². The lowest BCUT2D eigenvalue weighted by Crippen LogP contribution is -2.14. The average molecular weight is 443 g/mol. The molecule has 31 heavy (non-hydrogen) atoms. The van der Waals surface area contributed by atoms with Gasteiger partial charge in [0.1, 0.15) is 0 Å². The summed E-state index contributed by atoms with van der Waals surface area (Å²) in [5.41, 5.74) is 1.90. The largest absolute Gasteiger partial charge is 0.491 e. The quantitative estimate of drug-likeness (QED) is 0.469. The van der Waals surface area contributed by atoms with Gasteiger partial charge < -0.3 is 10.1 Å². The second-order valence-electron chi connectivity index (χ2n) is 6.93. The molecule has 0 aliphatic rings. The summed E-state index contributed by atoms with van der Waals surface area (Å²) in [4.78, 5) is 12.2. The summed E-state index contributed by atoms with van der Waals surface area (Å²) in [7, 11) is -3.68. The Bertz CT molecular complexity index is 1130. The Balaban J connectivity index is 1.47. The average Bonchev–Trinajstić information content (AvgIpc) is 2.74. The number of carbonyl (C=O) groups is 1. The Morgan fingerprint density at radius 2 is 1.58 bits per heavy atom. The number of ether oxygens (including phenoxy) is 1. The van der Waals surface area contributed by atoms with Crippen LogP contribution in [-0.4, -0.2) is 20.9 Å². The molecule has 8 heteroatoms. The van der Waals surface area contributed by atoms with Crippen LogP contribution in [0.1, 0.15) is 18.4 Å². The molecule has 0 unspecified atom stereocenters. The van der Waals surface area contributed by atoms with Crippen molar-refractivity contribution in [1.82, 2.24) is 0 Å². The van der Waals surface area contributed by atoms with Gasteiger partial charge in [0.15, 0.2) is 11.6 Å². The van der Waals surface area contributed by atoms with E-state index in [-0.39, 0.29) is 29.6 Å². The standard InChI is InChI=1S/C23H23FN2O4S/c1-17-8-14-20(15-9-17)31(28,29)26-19-12-10-18(11-13-19)25-23(27)7-4-16-30-22-6-3-2-5-21(22)24/h2-3,5-6,8-15,26H,4,7,16H2,1H3,(H,25,27). The first-order valence-corrected chi connectivity index (χ1v) is 11.2. The Kier molecular flexibility index (Phi) is 7.25. The predicted molar refractivity (Wildman–Crippen MR) is 118 cm³/mol. The second-order valence-corrected chi connectivity index (χ2v) is 8.61. The normalized spacial score (nSPS) is 11.0. The van der Waals surface area contributed by atoms with E-state index >= 15 is 0 Å². The van der Waals surface area contributed by atoms with Crippen molar-refractivity contribution in [3.05, 3.63) is 84.2 Å². The van der Waals surface area contributed by atoms with Gasteiger partial charge in [0, 0.05) is 17.8 Å². The Morgan fingerprint density at radius 1 is 0.935 bits per heavy atom. The van der Waals surface area contributed by atoms with Crippen molar-refractivity contribution >= 4 is 27.3 Å². The van der Waals surface area contributed by atoms with Crippen LogP contribution in [0.5, 0.6) is 5.75 Å². The minimum atomic E-state index is -3.68. The lowest BCUT2D eigenvalue weighted by atomic mass is 10.2. The van der Waals surface area contributed by atoms with Crippen LogP contribution < -0.4 is 14.8 Å². The number of hydrogen-bond donors (Lipinski definition) is 2. The van der Waals surface area contributed by atoms with Crippen molar-refractivity contribution in [2.45, 2.75) is 24.7 Å².